The summed E-state index contributed by atoms with van der Waals surface area (Å²) in [4.78, 5) is 3.69. The van der Waals surface area contributed by atoms with Crippen LogP contribution in [0, 0.1) is 0 Å². The third-order valence-corrected chi connectivity index (χ3v) is 1.77. The van der Waals surface area contributed by atoms with Gasteiger partial charge in [0.05, 0.1) is 0 Å². The highest BCUT2D eigenvalue weighted by Gasteiger charge is 2.04. The minimum absolute atomic E-state index is 0. The van der Waals surface area contributed by atoms with Crippen molar-refractivity contribution >= 4 is 22.5 Å². The molecule has 9 heteroatoms. The number of alkyl halides is 3. The van der Waals surface area contributed by atoms with Gasteiger partial charge in [0.15, 0.2) is 0 Å². The zero-order valence-corrected chi connectivity index (χ0v) is 9.39. The minimum atomic E-state index is -3.92. The van der Waals surface area contributed by atoms with Crippen molar-refractivity contribution in [3.05, 3.63) is 30.1 Å². The topological polar surface area (TPSA) is 67.3 Å². The van der Waals surface area contributed by atoms with E-state index in [9.17, 15) is 21.6 Å². The quantitative estimate of drug-likeness (QED) is 0.842. The normalized spacial score (nSPS) is 10.1. The number of pyridine rings is 1. The van der Waals surface area contributed by atoms with Crippen molar-refractivity contribution in [3.8, 4) is 0 Å². The average molecular weight is 280 g/mol. The van der Waals surface area contributed by atoms with Crippen molar-refractivity contribution < 1.29 is 26.1 Å². The fourth-order valence-electron chi connectivity index (χ4n) is 0.694. The van der Waals surface area contributed by atoms with Crippen molar-refractivity contribution in [2.45, 2.75) is 12.4 Å². The van der Waals surface area contributed by atoms with Crippen LogP contribution in [-0.2, 0) is 15.9 Å². The molecule has 1 N–H and O–H groups in total. The molecule has 0 aliphatic heterocycles. The molecular weight excluding hydrogens is 271 g/mol. The first-order valence-electron chi connectivity index (χ1n) is 3.57. The van der Waals surface area contributed by atoms with E-state index in [1.165, 1.54) is 12.4 Å². The SMILES string of the molecule is Cl.FC(F)F.O=S(=O)(O)Cc1cccnc1. The van der Waals surface area contributed by atoms with Gasteiger partial charge < -0.3 is 0 Å². The van der Waals surface area contributed by atoms with Crippen LogP contribution in [0.25, 0.3) is 0 Å². The van der Waals surface area contributed by atoms with Gasteiger partial charge in [0.1, 0.15) is 5.75 Å². The maximum atomic E-state index is 10.3. The van der Waals surface area contributed by atoms with E-state index in [0.717, 1.165) is 0 Å². The molecule has 0 aromatic carbocycles. The Morgan fingerprint density at radius 2 is 1.88 bits per heavy atom. The summed E-state index contributed by atoms with van der Waals surface area (Å²) in [5.41, 5.74) is 0.481. The average Bonchev–Trinajstić information content (AvgIpc) is 2.01. The Bertz CT molecular complexity index is 371. The third kappa shape index (κ3) is 13.1. The molecule has 0 aliphatic rings. The molecule has 1 heterocycles. The summed E-state index contributed by atoms with van der Waals surface area (Å²) in [7, 11) is -3.92. The van der Waals surface area contributed by atoms with Gasteiger partial charge in [-0.2, -0.15) is 21.6 Å². The molecular formula is C7H9ClF3NO3S. The Labute approximate surface area is 96.7 Å². The van der Waals surface area contributed by atoms with E-state index in [1.807, 2.05) is 0 Å². The Kier molecular flexibility index (Phi) is 9.11. The number of rotatable bonds is 2. The zero-order valence-electron chi connectivity index (χ0n) is 7.76. The molecule has 0 atom stereocenters. The number of nitrogens with zero attached hydrogens (tertiary/aromatic N) is 1. The molecule has 0 radical (unpaired) electrons. The van der Waals surface area contributed by atoms with Crippen LogP contribution in [0.3, 0.4) is 0 Å². The van der Waals surface area contributed by atoms with Crippen molar-refractivity contribution in [1.29, 1.82) is 0 Å². The molecule has 94 valence electrons. The van der Waals surface area contributed by atoms with Crippen LogP contribution in [-0.4, -0.2) is 24.6 Å². The molecule has 1 aromatic heterocycles. The molecule has 0 aliphatic carbocycles. The van der Waals surface area contributed by atoms with Gasteiger partial charge in [0.25, 0.3) is 10.1 Å². The zero-order chi connectivity index (χ0) is 11.9. The summed E-state index contributed by atoms with van der Waals surface area (Å²) in [6, 6.07) is 3.20. The Morgan fingerprint density at radius 1 is 1.38 bits per heavy atom. The van der Waals surface area contributed by atoms with Gasteiger partial charge in [-0.1, -0.05) is 6.07 Å². The molecule has 0 fully saturated rings. The standard InChI is InChI=1S/C6H7NO3S.CHF3.ClH/c8-11(9,10)5-6-2-1-3-7-4-6;2-1(3)4;/h1-4H,5H2,(H,8,9,10);1H;1H. The maximum Gasteiger partial charge on any atom is 0.379 e. The first kappa shape index (κ1) is 17.5. The van der Waals surface area contributed by atoms with Crippen molar-refractivity contribution in [1.82, 2.24) is 4.98 Å². The van der Waals surface area contributed by atoms with Crippen molar-refractivity contribution in [2.75, 3.05) is 0 Å². The van der Waals surface area contributed by atoms with Crippen LogP contribution < -0.4 is 0 Å². The third-order valence-electron chi connectivity index (χ3n) is 1.07. The number of hydrogen-bond acceptors (Lipinski definition) is 3. The molecule has 1 aromatic rings. The predicted molar refractivity (Wildman–Crippen MR) is 53.8 cm³/mol. The second-order valence-electron chi connectivity index (χ2n) is 2.33. The lowest BCUT2D eigenvalue weighted by Gasteiger charge is -1.94. The number of halogens is 4. The van der Waals surface area contributed by atoms with Crippen molar-refractivity contribution in [2.24, 2.45) is 0 Å². The van der Waals surface area contributed by atoms with Gasteiger partial charge in [-0.15, -0.1) is 12.4 Å². The van der Waals surface area contributed by atoms with Crippen LogP contribution >= 0.6 is 12.4 Å². The lowest BCUT2D eigenvalue weighted by atomic mass is 10.3. The fourth-order valence-corrected chi connectivity index (χ4v) is 1.29. The first-order valence-corrected chi connectivity index (χ1v) is 5.18. The Balaban J connectivity index is 0. The molecule has 0 spiro atoms. The van der Waals surface area contributed by atoms with Crippen LogP contribution in [0.4, 0.5) is 13.2 Å². The molecule has 0 amide bonds. The van der Waals surface area contributed by atoms with Gasteiger partial charge in [-0.05, 0) is 11.6 Å². The molecule has 0 bridgehead atoms. The van der Waals surface area contributed by atoms with Crippen LogP contribution in [0.15, 0.2) is 24.5 Å². The van der Waals surface area contributed by atoms with Gasteiger partial charge in [0.2, 0.25) is 0 Å². The summed E-state index contributed by atoms with van der Waals surface area (Å²) in [6.07, 6.45) is 2.93. The molecule has 1 rings (SSSR count). The smallest absolute Gasteiger partial charge is 0.285 e. The van der Waals surface area contributed by atoms with Crippen LogP contribution in [0.1, 0.15) is 5.56 Å². The van der Waals surface area contributed by atoms with Crippen molar-refractivity contribution in [3.63, 3.8) is 0 Å². The molecule has 0 saturated heterocycles. The summed E-state index contributed by atoms with van der Waals surface area (Å²) in [5, 5.41) is 0. The van der Waals surface area contributed by atoms with Gasteiger partial charge >= 0.3 is 6.68 Å². The highest BCUT2D eigenvalue weighted by Crippen LogP contribution is 2.00. The molecule has 0 saturated carbocycles. The monoisotopic (exact) mass is 279 g/mol. The summed E-state index contributed by atoms with van der Waals surface area (Å²) in [6.45, 7) is -3.67. The number of hydrogen-bond donors (Lipinski definition) is 1. The second kappa shape index (κ2) is 8.31. The van der Waals surface area contributed by atoms with E-state index in [1.54, 1.807) is 12.1 Å². The maximum absolute atomic E-state index is 10.3. The molecule has 16 heavy (non-hydrogen) atoms. The minimum Gasteiger partial charge on any atom is -0.285 e. The van der Waals surface area contributed by atoms with E-state index in [0.29, 0.717) is 5.56 Å². The second-order valence-corrected chi connectivity index (χ2v) is 3.79. The number of aromatic nitrogens is 1. The predicted octanol–water partition coefficient (Wildman–Crippen LogP) is 2.07. The first-order chi connectivity index (χ1) is 6.81. The van der Waals surface area contributed by atoms with E-state index in [4.69, 9.17) is 4.55 Å². The largest absolute Gasteiger partial charge is 0.379 e. The van der Waals surface area contributed by atoms with Crippen LogP contribution in [0.2, 0.25) is 0 Å². The van der Waals surface area contributed by atoms with E-state index in [-0.39, 0.29) is 18.2 Å². The lowest BCUT2D eigenvalue weighted by molar-refractivity contribution is 0.00819. The Hall–Kier alpha value is -0.860. The van der Waals surface area contributed by atoms with E-state index >= 15 is 0 Å². The Morgan fingerprint density at radius 3 is 2.19 bits per heavy atom. The highest BCUT2D eigenvalue weighted by molar-refractivity contribution is 7.85. The summed E-state index contributed by atoms with van der Waals surface area (Å²) < 4.78 is 58.1. The highest BCUT2D eigenvalue weighted by atomic mass is 35.5. The fraction of sp³-hybridized carbons (Fsp3) is 0.286. The summed E-state index contributed by atoms with van der Waals surface area (Å²) in [5.74, 6) is -0.374. The molecule has 4 nitrogen and oxygen atoms in total. The van der Waals surface area contributed by atoms with E-state index < -0.39 is 16.8 Å². The van der Waals surface area contributed by atoms with Gasteiger partial charge in [-0.25, -0.2) is 0 Å². The van der Waals surface area contributed by atoms with Gasteiger partial charge in [0, 0.05) is 12.4 Å². The lowest BCUT2D eigenvalue weighted by Crippen LogP contribution is -2.01. The van der Waals surface area contributed by atoms with Gasteiger partial charge in [-0.3, -0.25) is 9.54 Å². The molecule has 0 unspecified atom stereocenters. The summed E-state index contributed by atoms with van der Waals surface area (Å²) >= 11 is 0. The van der Waals surface area contributed by atoms with E-state index in [2.05, 4.69) is 4.98 Å². The van der Waals surface area contributed by atoms with Crippen LogP contribution in [0.5, 0.6) is 0 Å².